The van der Waals surface area contributed by atoms with Crippen LogP contribution < -0.4 is 19.3 Å². The summed E-state index contributed by atoms with van der Waals surface area (Å²) in [5, 5.41) is 9.89. The summed E-state index contributed by atoms with van der Waals surface area (Å²) < 4.78 is 40.3. The Morgan fingerprint density at radius 1 is 1.16 bits per heavy atom. The monoisotopic (exact) mass is 512 g/mol. The molecule has 0 unspecified atom stereocenters. The van der Waals surface area contributed by atoms with Crippen LogP contribution in [0.5, 0.6) is 11.5 Å². The van der Waals surface area contributed by atoms with Crippen LogP contribution in [0.15, 0.2) is 18.3 Å². The van der Waals surface area contributed by atoms with Gasteiger partial charge in [-0.05, 0) is 19.0 Å². The fourth-order valence-electron chi connectivity index (χ4n) is 4.88. The topological polar surface area (TPSA) is 97.7 Å². The van der Waals surface area contributed by atoms with Gasteiger partial charge in [-0.3, -0.25) is 14.7 Å². The van der Waals surface area contributed by atoms with Crippen molar-refractivity contribution in [1.29, 1.82) is 5.26 Å². The zero-order chi connectivity index (χ0) is 26.9. The number of rotatable bonds is 5. The first-order valence-electron chi connectivity index (χ1n) is 12.1. The summed E-state index contributed by atoms with van der Waals surface area (Å²) in [5.41, 5.74) is 2.25. The first-order chi connectivity index (χ1) is 17.9. The first-order valence-corrected chi connectivity index (χ1v) is 12.1. The van der Waals surface area contributed by atoms with Gasteiger partial charge in [0.15, 0.2) is 23.1 Å². The lowest BCUT2D eigenvalue weighted by Crippen LogP contribution is -2.46. The number of aromatic amines is 1. The second-order valence-electron chi connectivity index (χ2n) is 8.72. The van der Waals surface area contributed by atoms with Crippen LogP contribution in [0.1, 0.15) is 31.5 Å². The standard InChI is InChI=1S/C24H24F2N6O3.C2H6/c1-30-21-14(9-28-23-16(21)6-15(29-23)12-31-5-4-13(8-27)10-31)11-32(24(30)33)22-19(25)17(34-2)7-18(35-3)20(22)26;1-2/h6-7,9,13H,4-5,10-12H2,1-3H3,(H,28,29);1-2H3/t13-;/m0./s1. The van der Waals surface area contributed by atoms with Gasteiger partial charge in [0.2, 0.25) is 0 Å². The van der Waals surface area contributed by atoms with Crippen LogP contribution in [-0.4, -0.2) is 55.3 Å². The van der Waals surface area contributed by atoms with Crippen molar-refractivity contribution in [1.82, 2.24) is 14.9 Å². The van der Waals surface area contributed by atoms with Crippen molar-refractivity contribution in [2.45, 2.75) is 33.4 Å². The lowest BCUT2D eigenvalue weighted by atomic mass is 10.1. The highest BCUT2D eigenvalue weighted by molar-refractivity contribution is 6.11. The van der Waals surface area contributed by atoms with Crippen molar-refractivity contribution in [2.75, 3.05) is 44.2 Å². The Morgan fingerprint density at radius 2 is 1.84 bits per heavy atom. The maximum atomic E-state index is 15.1. The number of nitriles is 1. The van der Waals surface area contributed by atoms with Gasteiger partial charge in [0.05, 0.1) is 38.4 Å². The Labute approximate surface area is 214 Å². The van der Waals surface area contributed by atoms with E-state index < -0.39 is 23.4 Å². The Kier molecular flexibility index (Phi) is 7.50. The predicted molar refractivity (Wildman–Crippen MR) is 136 cm³/mol. The highest BCUT2D eigenvalue weighted by atomic mass is 19.1. The number of urea groups is 1. The molecule has 0 radical (unpaired) electrons. The van der Waals surface area contributed by atoms with Gasteiger partial charge in [-0.15, -0.1) is 0 Å². The number of halogens is 2. The lowest BCUT2D eigenvalue weighted by molar-refractivity contribution is 0.250. The number of hydrogen-bond acceptors (Lipinski definition) is 6. The fourth-order valence-corrected chi connectivity index (χ4v) is 4.88. The summed E-state index contributed by atoms with van der Waals surface area (Å²) in [6.45, 7) is 6.11. The zero-order valence-electron chi connectivity index (χ0n) is 21.6. The number of H-pyrrole nitrogens is 1. The van der Waals surface area contributed by atoms with E-state index in [-0.39, 0.29) is 24.0 Å². The molecule has 11 heteroatoms. The maximum Gasteiger partial charge on any atom is 0.329 e. The summed E-state index contributed by atoms with van der Waals surface area (Å²) in [6, 6.07) is 4.76. The molecule has 0 bridgehead atoms. The molecular weight excluding hydrogens is 482 g/mol. The normalized spacial score (nSPS) is 17.4. The molecule has 9 nitrogen and oxygen atoms in total. The number of methoxy groups -OCH3 is 2. The zero-order valence-corrected chi connectivity index (χ0v) is 21.6. The van der Waals surface area contributed by atoms with E-state index in [9.17, 15) is 4.79 Å². The first kappa shape index (κ1) is 26.2. The number of amides is 2. The molecule has 1 N–H and O–H groups in total. The number of nitrogens with one attached hydrogen (secondary N) is 1. The van der Waals surface area contributed by atoms with Crippen LogP contribution in [0.4, 0.5) is 25.0 Å². The van der Waals surface area contributed by atoms with E-state index in [1.54, 1.807) is 13.2 Å². The van der Waals surface area contributed by atoms with Crippen LogP contribution in [0, 0.1) is 28.9 Å². The quantitative estimate of drug-likeness (QED) is 0.527. The van der Waals surface area contributed by atoms with Gasteiger partial charge in [-0.25, -0.2) is 18.6 Å². The average Bonchev–Trinajstić information content (AvgIpc) is 3.54. The van der Waals surface area contributed by atoms with E-state index in [1.807, 2.05) is 19.9 Å². The van der Waals surface area contributed by atoms with Crippen molar-refractivity contribution in [3.8, 4) is 17.6 Å². The summed E-state index contributed by atoms with van der Waals surface area (Å²) in [7, 11) is 4.07. The molecule has 0 spiro atoms. The second kappa shape index (κ2) is 10.6. The fraction of sp³-hybridized carbons (Fsp3) is 0.423. The van der Waals surface area contributed by atoms with Gasteiger partial charge in [0, 0.05) is 49.0 Å². The predicted octanol–water partition coefficient (Wildman–Crippen LogP) is 4.81. The number of benzene rings is 1. The van der Waals surface area contributed by atoms with Crippen molar-refractivity contribution in [3.63, 3.8) is 0 Å². The molecule has 0 saturated carbocycles. The molecule has 0 aliphatic carbocycles. The Balaban J connectivity index is 0.00000156. The molecule has 2 aromatic heterocycles. The number of anilines is 2. The van der Waals surface area contributed by atoms with E-state index >= 15 is 8.78 Å². The van der Waals surface area contributed by atoms with Crippen LogP contribution in [0.25, 0.3) is 11.0 Å². The summed E-state index contributed by atoms with van der Waals surface area (Å²) in [4.78, 5) is 25.7. The molecule has 3 aromatic rings. The van der Waals surface area contributed by atoms with Crippen LogP contribution in [0.3, 0.4) is 0 Å². The van der Waals surface area contributed by atoms with Gasteiger partial charge in [-0.1, -0.05) is 13.8 Å². The third kappa shape index (κ3) is 4.53. The Morgan fingerprint density at radius 3 is 2.43 bits per heavy atom. The second-order valence-corrected chi connectivity index (χ2v) is 8.72. The Bertz CT molecular complexity index is 1340. The molecule has 1 saturated heterocycles. The molecule has 2 aliphatic heterocycles. The SMILES string of the molecule is CC.COc1cc(OC)c(F)c(N2Cc3cnc4[nH]c(CN5CC[C@@H](C#N)C5)cc4c3N(C)C2=O)c1F. The van der Waals surface area contributed by atoms with Crippen LogP contribution in [0.2, 0.25) is 0 Å². The number of pyridine rings is 1. The third-order valence-corrected chi connectivity index (χ3v) is 6.61. The number of hydrogen-bond donors (Lipinski definition) is 1. The van der Waals surface area contributed by atoms with Gasteiger partial charge >= 0.3 is 6.03 Å². The largest absolute Gasteiger partial charge is 0.493 e. The van der Waals surface area contributed by atoms with E-state index in [4.69, 9.17) is 14.7 Å². The van der Waals surface area contributed by atoms with Crippen molar-refractivity contribution in [2.24, 2.45) is 5.92 Å². The summed E-state index contributed by atoms with van der Waals surface area (Å²) in [6.07, 6.45) is 2.45. The number of fused-ring (bicyclic) bond motifs is 3. The van der Waals surface area contributed by atoms with Gasteiger partial charge in [-0.2, -0.15) is 5.26 Å². The van der Waals surface area contributed by atoms with E-state index in [0.29, 0.717) is 30.0 Å². The smallest absolute Gasteiger partial charge is 0.329 e. The van der Waals surface area contributed by atoms with E-state index in [1.165, 1.54) is 19.1 Å². The van der Waals surface area contributed by atoms with Gasteiger partial charge < -0.3 is 14.5 Å². The lowest BCUT2D eigenvalue weighted by Gasteiger charge is -2.35. The summed E-state index contributed by atoms with van der Waals surface area (Å²) >= 11 is 0. The number of carbonyl (C=O) groups excluding carboxylic acids is 1. The maximum absolute atomic E-state index is 15.1. The average molecular weight is 513 g/mol. The number of likely N-dealkylation sites (tertiary alicyclic amines) is 1. The number of ether oxygens (including phenoxy) is 2. The highest BCUT2D eigenvalue weighted by Gasteiger charge is 2.36. The van der Waals surface area contributed by atoms with Gasteiger partial charge in [0.25, 0.3) is 0 Å². The number of aromatic nitrogens is 2. The van der Waals surface area contributed by atoms with Crippen LogP contribution >= 0.6 is 0 Å². The van der Waals surface area contributed by atoms with Crippen molar-refractivity contribution in [3.05, 3.63) is 41.2 Å². The molecule has 5 rings (SSSR count). The highest BCUT2D eigenvalue weighted by Crippen LogP contribution is 2.42. The third-order valence-electron chi connectivity index (χ3n) is 6.61. The van der Waals surface area contributed by atoms with E-state index in [2.05, 4.69) is 20.9 Å². The molecule has 2 amide bonds. The molecule has 1 atom stereocenters. The molecule has 1 aromatic carbocycles. The van der Waals surface area contributed by atoms with Crippen LogP contribution in [-0.2, 0) is 13.1 Å². The molecule has 4 heterocycles. The number of nitrogens with zero attached hydrogens (tertiary/aromatic N) is 5. The summed E-state index contributed by atoms with van der Waals surface area (Å²) in [5.74, 6) is -2.41. The minimum atomic E-state index is -0.991. The van der Waals surface area contributed by atoms with Crippen molar-refractivity contribution >= 4 is 28.4 Å². The van der Waals surface area contributed by atoms with E-state index in [0.717, 1.165) is 35.0 Å². The molecule has 37 heavy (non-hydrogen) atoms. The number of carbonyl (C=O) groups is 1. The molecule has 1 fully saturated rings. The minimum absolute atomic E-state index is 0.0380. The minimum Gasteiger partial charge on any atom is -0.493 e. The Hall–Kier alpha value is -3.91. The molecular formula is C26H30F2N6O3. The van der Waals surface area contributed by atoms with Crippen molar-refractivity contribution < 1.29 is 23.0 Å². The molecule has 2 aliphatic rings. The van der Waals surface area contributed by atoms with Gasteiger partial charge in [0.1, 0.15) is 11.3 Å². The molecule has 196 valence electrons.